The Morgan fingerprint density at radius 1 is 0.833 bits per heavy atom. The third kappa shape index (κ3) is 1.88. The van der Waals surface area contributed by atoms with Gasteiger partial charge in [0.25, 0.3) is 0 Å². The van der Waals surface area contributed by atoms with E-state index in [4.69, 9.17) is 0 Å². The Hall–Kier alpha value is -2.50. The molecule has 0 radical (unpaired) electrons. The van der Waals surface area contributed by atoms with Crippen molar-refractivity contribution in [3.63, 3.8) is 0 Å². The Bertz CT molecular complexity index is 626. The van der Waals surface area contributed by atoms with Crippen molar-refractivity contribution in [2.45, 2.75) is 13.8 Å². The highest BCUT2D eigenvalue weighted by Crippen LogP contribution is 2.09. The third-order valence-corrected chi connectivity index (χ3v) is 2.53. The Morgan fingerprint density at radius 2 is 1.33 bits per heavy atom. The van der Waals surface area contributed by atoms with Crippen molar-refractivity contribution in [2.24, 2.45) is 0 Å². The lowest BCUT2D eigenvalue weighted by atomic mass is 10.4. The van der Waals surface area contributed by atoms with Gasteiger partial charge in [-0.2, -0.15) is 10.2 Å². The van der Waals surface area contributed by atoms with Gasteiger partial charge < -0.3 is 0 Å². The molecule has 0 aliphatic heterocycles. The normalized spacial score (nSPS) is 10.8. The molecule has 0 N–H and O–H groups in total. The van der Waals surface area contributed by atoms with Gasteiger partial charge in [0.05, 0.1) is 12.4 Å². The lowest BCUT2D eigenvalue weighted by Gasteiger charge is -2.03. The van der Waals surface area contributed by atoms with Crippen molar-refractivity contribution >= 4 is 0 Å². The second kappa shape index (κ2) is 4.06. The second-order valence-electron chi connectivity index (χ2n) is 4.16. The van der Waals surface area contributed by atoms with Crippen LogP contribution in [0, 0.1) is 13.8 Å². The zero-order valence-electron chi connectivity index (χ0n) is 10.1. The monoisotopic (exact) mass is 240 g/mol. The van der Waals surface area contributed by atoms with Crippen molar-refractivity contribution in [2.75, 3.05) is 0 Å². The van der Waals surface area contributed by atoms with Crippen LogP contribution in [-0.4, -0.2) is 29.5 Å². The molecule has 6 heteroatoms. The Morgan fingerprint density at radius 3 is 1.72 bits per heavy atom. The highest BCUT2D eigenvalue weighted by atomic mass is 15.3. The second-order valence-corrected chi connectivity index (χ2v) is 4.16. The summed E-state index contributed by atoms with van der Waals surface area (Å²) >= 11 is 0. The molecule has 0 atom stereocenters. The van der Waals surface area contributed by atoms with E-state index in [0.29, 0.717) is 0 Å². The summed E-state index contributed by atoms with van der Waals surface area (Å²) in [5.74, 6) is 1.45. The minimum atomic E-state index is 0.723. The molecule has 90 valence electrons. The van der Waals surface area contributed by atoms with Crippen LogP contribution in [0.1, 0.15) is 11.1 Å². The number of rotatable bonds is 2. The van der Waals surface area contributed by atoms with Gasteiger partial charge in [0, 0.05) is 18.5 Å². The highest BCUT2D eigenvalue weighted by molar-refractivity contribution is 5.31. The summed E-state index contributed by atoms with van der Waals surface area (Å²) < 4.78 is 3.44. The molecule has 0 fully saturated rings. The van der Waals surface area contributed by atoms with Gasteiger partial charge in [0.15, 0.2) is 11.6 Å². The van der Waals surface area contributed by atoms with Gasteiger partial charge in [-0.05, 0) is 25.0 Å². The lowest BCUT2D eigenvalue weighted by Crippen LogP contribution is -2.03. The quantitative estimate of drug-likeness (QED) is 0.680. The van der Waals surface area contributed by atoms with Gasteiger partial charge in [-0.3, -0.25) is 0 Å². The first-order valence-electron chi connectivity index (χ1n) is 5.58. The summed E-state index contributed by atoms with van der Waals surface area (Å²) in [4.78, 5) is 8.41. The molecule has 6 nitrogen and oxygen atoms in total. The number of hydrogen-bond acceptors (Lipinski definition) is 4. The number of aryl methyl sites for hydroxylation is 2. The molecule has 3 aromatic heterocycles. The van der Waals surface area contributed by atoms with Crippen LogP contribution in [0.4, 0.5) is 0 Å². The summed E-state index contributed by atoms with van der Waals surface area (Å²) in [6, 6.07) is 1.85. The zero-order valence-corrected chi connectivity index (χ0v) is 10.1. The van der Waals surface area contributed by atoms with Crippen LogP contribution in [-0.2, 0) is 0 Å². The van der Waals surface area contributed by atoms with Crippen molar-refractivity contribution in [1.29, 1.82) is 0 Å². The molecule has 0 saturated carbocycles. The minimum Gasteiger partial charge on any atom is -0.222 e. The average molecular weight is 240 g/mol. The van der Waals surface area contributed by atoms with Gasteiger partial charge in [0.1, 0.15) is 6.33 Å². The predicted octanol–water partition coefficient (Wildman–Crippen LogP) is 1.46. The molecule has 0 unspecified atom stereocenters. The molecule has 3 rings (SSSR count). The summed E-state index contributed by atoms with van der Waals surface area (Å²) in [6.07, 6.45) is 8.93. The van der Waals surface area contributed by atoms with Gasteiger partial charge in [-0.25, -0.2) is 19.3 Å². The molecular weight excluding hydrogens is 228 g/mol. The SMILES string of the molecule is Cc1cnn(-c2cc(-n3cc(C)cn3)ncn2)c1. The van der Waals surface area contributed by atoms with E-state index in [1.54, 1.807) is 21.8 Å². The smallest absolute Gasteiger partial charge is 0.158 e. The van der Waals surface area contributed by atoms with Crippen LogP contribution < -0.4 is 0 Å². The molecule has 0 saturated heterocycles. The van der Waals surface area contributed by atoms with Crippen molar-refractivity contribution in [3.8, 4) is 11.6 Å². The van der Waals surface area contributed by atoms with Crippen LogP contribution in [0.15, 0.2) is 37.2 Å². The third-order valence-electron chi connectivity index (χ3n) is 2.53. The minimum absolute atomic E-state index is 0.723. The summed E-state index contributed by atoms with van der Waals surface area (Å²) in [7, 11) is 0. The summed E-state index contributed by atoms with van der Waals surface area (Å²) in [6.45, 7) is 3.98. The Kier molecular flexibility index (Phi) is 2.40. The van der Waals surface area contributed by atoms with Gasteiger partial charge in [0.2, 0.25) is 0 Å². The van der Waals surface area contributed by atoms with Gasteiger partial charge in [-0.1, -0.05) is 0 Å². The molecule has 3 heterocycles. The fourth-order valence-corrected chi connectivity index (χ4v) is 1.66. The molecule has 0 amide bonds. The Labute approximate surface area is 104 Å². The van der Waals surface area contributed by atoms with E-state index in [0.717, 1.165) is 22.8 Å². The van der Waals surface area contributed by atoms with Crippen molar-refractivity contribution < 1.29 is 0 Å². The molecule has 0 bridgehead atoms. The van der Waals surface area contributed by atoms with Crippen LogP contribution in [0.2, 0.25) is 0 Å². The maximum atomic E-state index is 4.22. The molecule has 18 heavy (non-hydrogen) atoms. The molecule has 0 aliphatic carbocycles. The fourth-order valence-electron chi connectivity index (χ4n) is 1.66. The van der Waals surface area contributed by atoms with E-state index >= 15 is 0 Å². The first-order valence-corrected chi connectivity index (χ1v) is 5.58. The van der Waals surface area contributed by atoms with E-state index in [1.165, 1.54) is 6.33 Å². The van der Waals surface area contributed by atoms with E-state index < -0.39 is 0 Å². The molecule has 3 aromatic rings. The van der Waals surface area contributed by atoms with Crippen LogP contribution >= 0.6 is 0 Å². The standard InChI is InChI=1S/C12H12N6/c1-9-4-15-17(6-9)11-3-12(14-8-13-11)18-7-10(2)5-16-18/h3-8H,1-2H3. The van der Waals surface area contributed by atoms with E-state index in [-0.39, 0.29) is 0 Å². The maximum absolute atomic E-state index is 4.22. The number of aromatic nitrogens is 6. The van der Waals surface area contributed by atoms with E-state index in [1.807, 2.05) is 32.3 Å². The van der Waals surface area contributed by atoms with Crippen LogP contribution in [0.3, 0.4) is 0 Å². The summed E-state index contributed by atoms with van der Waals surface area (Å²) in [5.41, 5.74) is 2.18. The first kappa shape index (κ1) is 10.6. The van der Waals surface area contributed by atoms with Gasteiger partial charge in [-0.15, -0.1) is 0 Å². The topological polar surface area (TPSA) is 61.4 Å². The Balaban J connectivity index is 2.04. The van der Waals surface area contributed by atoms with E-state index in [2.05, 4.69) is 20.2 Å². The first-order chi connectivity index (χ1) is 8.72. The van der Waals surface area contributed by atoms with Crippen molar-refractivity contribution in [1.82, 2.24) is 29.5 Å². The largest absolute Gasteiger partial charge is 0.222 e. The molecule has 0 aromatic carbocycles. The fraction of sp³-hybridized carbons (Fsp3) is 0.167. The molecule has 0 aliphatic rings. The average Bonchev–Trinajstić information content (AvgIpc) is 2.98. The van der Waals surface area contributed by atoms with Crippen LogP contribution in [0.5, 0.6) is 0 Å². The summed E-state index contributed by atoms with van der Waals surface area (Å²) in [5, 5.41) is 8.45. The maximum Gasteiger partial charge on any atom is 0.158 e. The molecule has 0 spiro atoms. The number of nitrogens with zero attached hydrogens (tertiary/aromatic N) is 6. The lowest BCUT2D eigenvalue weighted by molar-refractivity contribution is 0.803. The van der Waals surface area contributed by atoms with Crippen molar-refractivity contribution in [3.05, 3.63) is 48.3 Å². The predicted molar refractivity (Wildman–Crippen MR) is 65.8 cm³/mol. The number of hydrogen-bond donors (Lipinski definition) is 0. The van der Waals surface area contributed by atoms with Crippen LogP contribution in [0.25, 0.3) is 11.6 Å². The highest BCUT2D eigenvalue weighted by Gasteiger charge is 2.04. The molecular formula is C12H12N6. The van der Waals surface area contributed by atoms with Gasteiger partial charge >= 0.3 is 0 Å². The van der Waals surface area contributed by atoms with E-state index in [9.17, 15) is 0 Å². The zero-order chi connectivity index (χ0) is 12.5.